The molecule has 0 radical (unpaired) electrons. The molecule has 0 aliphatic carbocycles. The van der Waals surface area contributed by atoms with Gasteiger partial charge in [0.05, 0.1) is 0 Å². The molecule has 6 aromatic carbocycles. The Morgan fingerprint density at radius 3 is 1.90 bits per heavy atom. The lowest BCUT2D eigenvalue weighted by molar-refractivity contribution is 1.66. The van der Waals surface area contributed by atoms with E-state index in [0.717, 1.165) is 5.02 Å². The third kappa shape index (κ3) is 3.08. The second kappa shape index (κ2) is 7.27. The molecule has 0 fully saturated rings. The lowest BCUT2D eigenvalue weighted by Crippen LogP contribution is -1.86. The van der Waals surface area contributed by atoms with Gasteiger partial charge in [-0.3, -0.25) is 0 Å². The first-order valence-electron chi connectivity index (χ1n) is 10.5. The van der Waals surface area contributed by atoms with Gasteiger partial charge in [-0.2, -0.15) is 0 Å². The van der Waals surface area contributed by atoms with Crippen LogP contribution in [0.1, 0.15) is 0 Å². The second-order valence-electron chi connectivity index (χ2n) is 7.94. The monoisotopic (exact) mass is 414 g/mol. The molecule has 0 nitrogen and oxygen atoms in total. The highest BCUT2D eigenvalue weighted by molar-refractivity contribution is 6.30. The molecular weight excluding hydrogens is 396 g/mol. The molecule has 0 saturated carbocycles. The van der Waals surface area contributed by atoms with Crippen LogP contribution in [-0.2, 0) is 0 Å². The summed E-state index contributed by atoms with van der Waals surface area (Å²) in [5, 5.41) is 8.36. The zero-order valence-corrected chi connectivity index (χ0v) is 17.6. The van der Waals surface area contributed by atoms with Crippen LogP contribution >= 0.6 is 11.6 Å². The molecule has 6 rings (SSSR count). The fourth-order valence-corrected chi connectivity index (χ4v) is 4.74. The Morgan fingerprint density at radius 1 is 0.387 bits per heavy atom. The number of benzene rings is 6. The van der Waals surface area contributed by atoms with Gasteiger partial charge in [-0.05, 0) is 78.8 Å². The lowest BCUT2D eigenvalue weighted by atomic mass is 9.90. The summed E-state index contributed by atoms with van der Waals surface area (Å²) in [6.07, 6.45) is 0. The van der Waals surface area contributed by atoms with E-state index in [2.05, 4.69) is 103 Å². The number of halogens is 1. The normalized spacial score (nSPS) is 11.4. The van der Waals surface area contributed by atoms with Gasteiger partial charge >= 0.3 is 0 Å². The number of hydrogen-bond acceptors (Lipinski definition) is 0. The molecular formula is C30H19Cl. The third-order valence-corrected chi connectivity index (χ3v) is 6.37. The zero-order chi connectivity index (χ0) is 20.8. The van der Waals surface area contributed by atoms with Crippen LogP contribution in [0.2, 0.25) is 5.02 Å². The molecule has 0 amide bonds. The molecule has 0 unspecified atom stereocenters. The maximum absolute atomic E-state index is 6.13. The van der Waals surface area contributed by atoms with E-state index in [1.807, 2.05) is 12.1 Å². The minimum absolute atomic E-state index is 0.758. The van der Waals surface area contributed by atoms with Crippen molar-refractivity contribution in [2.45, 2.75) is 0 Å². The van der Waals surface area contributed by atoms with E-state index < -0.39 is 0 Å². The molecule has 0 aliphatic heterocycles. The standard InChI is InChI=1S/C30H19Cl/c31-24-16-14-21(15-17-24)29-19-23-13-12-22(18-30(23)28-10-4-3-9-27(28)29)26-11-5-7-20-6-1-2-8-25(20)26/h1-19H. The Kier molecular flexibility index (Phi) is 4.26. The molecule has 0 bridgehead atoms. The van der Waals surface area contributed by atoms with Crippen molar-refractivity contribution in [1.82, 2.24) is 0 Å². The van der Waals surface area contributed by atoms with Gasteiger partial charge in [-0.25, -0.2) is 0 Å². The van der Waals surface area contributed by atoms with Crippen LogP contribution in [0.4, 0.5) is 0 Å². The van der Waals surface area contributed by atoms with Gasteiger partial charge in [0.2, 0.25) is 0 Å². The zero-order valence-electron chi connectivity index (χ0n) is 16.8. The first kappa shape index (κ1) is 18.2. The number of rotatable bonds is 2. The molecule has 0 aliphatic rings. The first-order valence-corrected chi connectivity index (χ1v) is 10.9. The highest BCUT2D eigenvalue weighted by Gasteiger charge is 2.11. The third-order valence-electron chi connectivity index (χ3n) is 6.12. The van der Waals surface area contributed by atoms with Crippen molar-refractivity contribution in [1.29, 1.82) is 0 Å². The van der Waals surface area contributed by atoms with E-state index in [-0.39, 0.29) is 0 Å². The highest BCUT2D eigenvalue weighted by Crippen LogP contribution is 2.38. The fraction of sp³-hybridized carbons (Fsp3) is 0. The van der Waals surface area contributed by atoms with Gasteiger partial charge < -0.3 is 0 Å². The molecule has 6 aromatic rings. The van der Waals surface area contributed by atoms with Gasteiger partial charge in [0.15, 0.2) is 0 Å². The van der Waals surface area contributed by atoms with Crippen LogP contribution in [0, 0.1) is 0 Å². The van der Waals surface area contributed by atoms with E-state index in [1.54, 1.807) is 0 Å². The van der Waals surface area contributed by atoms with E-state index in [0.29, 0.717) is 0 Å². The Labute approximate surface area is 186 Å². The Morgan fingerprint density at radius 2 is 1.06 bits per heavy atom. The van der Waals surface area contributed by atoms with Crippen molar-refractivity contribution in [2.24, 2.45) is 0 Å². The van der Waals surface area contributed by atoms with Gasteiger partial charge in [-0.1, -0.05) is 103 Å². The van der Waals surface area contributed by atoms with Crippen molar-refractivity contribution >= 4 is 43.9 Å². The summed E-state index contributed by atoms with van der Waals surface area (Å²) < 4.78 is 0. The van der Waals surface area contributed by atoms with Crippen LogP contribution < -0.4 is 0 Å². The van der Waals surface area contributed by atoms with Crippen LogP contribution in [-0.4, -0.2) is 0 Å². The SMILES string of the molecule is Clc1ccc(-c2cc3ccc(-c4cccc5ccccc45)cc3c3ccccc23)cc1. The first-order chi connectivity index (χ1) is 15.3. The minimum Gasteiger partial charge on any atom is -0.0843 e. The van der Waals surface area contributed by atoms with E-state index in [9.17, 15) is 0 Å². The molecule has 0 N–H and O–H groups in total. The molecule has 0 saturated heterocycles. The summed E-state index contributed by atoms with van der Waals surface area (Å²) in [5.74, 6) is 0. The molecule has 1 heteroatoms. The summed E-state index contributed by atoms with van der Waals surface area (Å²) in [7, 11) is 0. The topological polar surface area (TPSA) is 0 Å². The number of hydrogen-bond donors (Lipinski definition) is 0. The molecule has 0 heterocycles. The molecule has 0 spiro atoms. The summed E-state index contributed by atoms with van der Waals surface area (Å²) >= 11 is 6.13. The quantitative estimate of drug-likeness (QED) is 0.248. The largest absolute Gasteiger partial charge is 0.0843 e. The molecule has 146 valence electrons. The van der Waals surface area contributed by atoms with Crippen LogP contribution in [0.15, 0.2) is 115 Å². The van der Waals surface area contributed by atoms with Gasteiger partial charge in [0, 0.05) is 5.02 Å². The van der Waals surface area contributed by atoms with Gasteiger partial charge in [0.1, 0.15) is 0 Å². The van der Waals surface area contributed by atoms with Gasteiger partial charge in [0.25, 0.3) is 0 Å². The van der Waals surface area contributed by atoms with Crippen molar-refractivity contribution in [2.75, 3.05) is 0 Å². The predicted octanol–water partition coefficient (Wildman–Crippen LogP) is 9.13. The Balaban J connectivity index is 1.63. The average Bonchev–Trinajstić information content (AvgIpc) is 2.83. The predicted molar refractivity (Wildman–Crippen MR) is 135 cm³/mol. The van der Waals surface area contributed by atoms with E-state index >= 15 is 0 Å². The van der Waals surface area contributed by atoms with Crippen molar-refractivity contribution in [3.05, 3.63) is 120 Å². The van der Waals surface area contributed by atoms with E-state index in [1.165, 1.54) is 54.6 Å². The van der Waals surface area contributed by atoms with Crippen LogP contribution in [0.5, 0.6) is 0 Å². The molecule has 0 aromatic heterocycles. The van der Waals surface area contributed by atoms with Crippen LogP contribution in [0.3, 0.4) is 0 Å². The Bertz CT molecular complexity index is 1570. The second-order valence-corrected chi connectivity index (χ2v) is 8.38. The average molecular weight is 415 g/mol. The maximum atomic E-state index is 6.13. The molecule has 31 heavy (non-hydrogen) atoms. The number of fused-ring (bicyclic) bond motifs is 4. The van der Waals surface area contributed by atoms with E-state index in [4.69, 9.17) is 11.6 Å². The summed E-state index contributed by atoms with van der Waals surface area (Å²) in [6, 6.07) is 41.0. The summed E-state index contributed by atoms with van der Waals surface area (Å²) in [6.45, 7) is 0. The minimum atomic E-state index is 0.758. The van der Waals surface area contributed by atoms with Crippen LogP contribution in [0.25, 0.3) is 54.6 Å². The van der Waals surface area contributed by atoms with Crippen molar-refractivity contribution in [3.8, 4) is 22.3 Å². The summed E-state index contributed by atoms with van der Waals surface area (Å²) in [5.41, 5.74) is 4.93. The highest BCUT2D eigenvalue weighted by atomic mass is 35.5. The maximum Gasteiger partial charge on any atom is 0.0406 e. The van der Waals surface area contributed by atoms with Crippen molar-refractivity contribution < 1.29 is 0 Å². The van der Waals surface area contributed by atoms with Gasteiger partial charge in [-0.15, -0.1) is 0 Å². The smallest absolute Gasteiger partial charge is 0.0406 e. The molecule has 0 atom stereocenters. The fourth-order valence-electron chi connectivity index (χ4n) is 4.61. The Hall–Kier alpha value is -3.61. The lowest BCUT2D eigenvalue weighted by Gasteiger charge is -2.13. The summed E-state index contributed by atoms with van der Waals surface area (Å²) in [4.78, 5) is 0. The van der Waals surface area contributed by atoms with Crippen molar-refractivity contribution in [3.63, 3.8) is 0 Å².